The lowest BCUT2D eigenvalue weighted by Crippen LogP contribution is -2.28. The normalized spacial score (nSPS) is 12.3. The van der Waals surface area contributed by atoms with Crippen LogP contribution in [-0.2, 0) is 5.54 Å². The summed E-state index contributed by atoms with van der Waals surface area (Å²) in [6, 6.07) is 4.59. The Kier molecular flexibility index (Phi) is 1.82. The highest BCUT2D eigenvalue weighted by Crippen LogP contribution is 2.23. The number of fused-ring (bicyclic) bond motifs is 1. The number of nitrogens with two attached hydrogens (primary N) is 1. The molecule has 1 aromatic carbocycles. The first-order valence-corrected chi connectivity index (χ1v) is 4.33. The van der Waals surface area contributed by atoms with E-state index in [1.54, 1.807) is 26.0 Å². The number of aromatic nitrogens is 1. The van der Waals surface area contributed by atoms with Crippen molar-refractivity contribution in [3.05, 3.63) is 29.9 Å². The molecule has 0 saturated heterocycles. The van der Waals surface area contributed by atoms with Gasteiger partial charge in [0.05, 0.1) is 5.54 Å². The number of rotatable bonds is 1. The molecule has 0 aliphatic rings. The van der Waals surface area contributed by atoms with Gasteiger partial charge in [-0.2, -0.15) is 0 Å². The van der Waals surface area contributed by atoms with E-state index >= 15 is 0 Å². The Morgan fingerprint density at radius 3 is 2.71 bits per heavy atom. The Morgan fingerprint density at radius 1 is 1.43 bits per heavy atom. The highest BCUT2D eigenvalue weighted by Gasteiger charge is 2.22. The first-order valence-electron chi connectivity index (χ1n) is 4.33. The van der Waals surface area contributed by atoms with E-state index in [0.717, 1.165) is 0 Å². The molecule has 2 rings (SSSR count). The molecule has 1 aromatic heterocycles. The zero-order valence-corrected chi connectivity index (χ0v) is 8.04. The number of halogens is 1. The van der Waals surface area contributed by atoms with E-state index in [2.05, 4.69) is 4.98 Å². The number of oxazole rings is 1. The molecule has 0 atom stereocenters. The van der Waals surface area contributed by atoms with Crippen LogP contribution in [0.4, 0.5) is 4.39 Å². The molecule has 4 heteroatoms. The molecular formula is C10H11FN2O. The SMILES string of the molecule is CC(C)(N)c1nc2c(F)cccc2o1. The molecule has 2 N–H and O–H groups in total. The predicted octanol–water partition coefficient (Wildman–Crippen LogP) is 2.16. The smallest absolute Gasteiger partial charge is 0.215 e. The van der Waals surface area contributed by atoms with Gasteiger partial charge >= 0.3 is 0 Å². The molecule has 14 heavy (non-hydrogen) atoms. The second kappa shape index (κ2) is 2.78. The molecule has 0 spiro atoms. The molecular weight excluding hydrogens is 183 g/mol. The topological polar surface area (TPSA) is 52.0 Å². The minimum atomic E-state index is -0.689. The van der Waals surface area contributed by atoms with E-state index < -0.39 is 5.54 Å². The second-order valence-corrected chi connectivity index (χ2v) is 3.83. The highest BCUT2D eigenvalue weighted by molar-refractivity contribution is 5.73. The number of nitrogens with zero attached hydrogens (tertiary/aromatic N) is 1. The summed E-state index contributed by atoms with van der Waals surface area (Å²) in [6.07, 6.45) is 0. The van der Waals surface area contributed by atoms with Crippen molar-refractivity contribution >= 4 is 11.1 Å². The van der Waals surface area contributed by atoms with E-state index in [1.165, 1.54) is 6.07 Å². The summed E-state index contributed by atoms with van der Waals surface area (Å²) in [6.45, 7) is 3.52. The van der Waals surface area contributed by atoms with Crippen molar-refractivity contribution in [3.63, 3.8) is 0 Å². The zero-order chi connectivity index (χ0) is 10.3. The Labute approximate surface area is 80.7 Å². The van der Waals surface area contributed by atoms with Gasteiger partial charge in [-0.25, -0.2) is 9.37 Å². The molecule has 0 amide bonds. The molecule has 0 aliphatic heterocycles. The van der Waals surface area contributed by atoms with Crippen LogP contribution in [-0.4, -0.2) is 4.98 Å². The van der Waals surface area contributed by atoms with Crippen LogP contribution in [0.3, 0.4) is 0 Å². The van der Waals surface area contributed by atoms with E-state index in [0.29, 0.717) is 11.5 Å². The third kappa shape index (κ3) is 1.37. The van der Waals surface area contributed by atoms with Gasteiger partial charge in [0.2, 0.25) is 5.89 Å². The number of para-hydroxylation sites is 1. The van der Waals surface area contributed by atoms with Gasteiger partial charge in [-0.3, -0.25) is 0 Å². The average molecular weight is 194 g/mol. The third-order valence-corrected chi connectivity index (χ3v) is 1.92. The summed E-state index contributed by atoms with van der Waals surface area (Å²) in [5, 5.41) is 0. The van der Waals surface area contributed by atoms with E-state index in [4.69, 9.17) is 10.2 Å². The maximum Gasteiger partial charge on any atom is 0.215 e. The minimum absolute atomic E-state index is 0.237. The molecule has 74 valence electrons. The standard InChI is InChI=1S/C10H11FN2O/c1-10(2,12)9-13-8-6(11)4-3-5-7(8)14-9/h3-5H,12H2,1-2H3. The average Bonchev–Trinajstić information content (AvgIpc) is 2.48. The van der Waals surface area contributed by atoms with E-state index in [1.807, 2.05) is 0 Å². The van der Waals surface area contributed by atoms with Crippen LogP contribution in [0.15, 0.2) is 22.6 Å². The van der Waals surface area contributed by atoms with Crippen LogP contribution in [0.5, 0.6) is 0 Å². The molecule has 0 radical (unpaired) electrons. The number of benzene rings is 1. The number of hydrogen-bond donors (Lipinski definition) is 1. The monoisotopic (exact) mass is 194 g/mol. The maximum absolute atomic E-state index is 13.2. The largest absolute Gasteiger partial charge is 0.439 e. The quantitative estimate of drug-likeness (QED) is 0.756. The van der Waals surface area contributed by atoms with Gasteiger partial charge in [-0.15, -0.1) is 0 Å². The van der Waals surface area contributed by atoms with Crippen molar-refractivity contribution in [1.29, 1.82) is 0 Å². The first-order chi connectivity index (χ1) is 6.48. The molecule has 0 unspecified atom stereocenters. The molecule has 2 aromatic rings. The molecule has 0 aliphatic carbocycles. The Hall–Kier alpha value is -1.42. The Morgan fingerprint density at radius 2 is 2.14 bits per heavy atom. The van der Waals surface area contributed by atoms with Crippen molar-refractivity contribution in [2.75, 3.05) is 0 Å². The van der Waals surface area contributed by atoms with E-state index in [-0.39, 0.29) is 11.3 Å². The fourth-order valence-electron chi connectivity index (χ4n) is 1.19. The molecule has 0 fully saturated rings. The van der Waals surface area contributed by atoms with Gasteiger partial charge in [0, 0.05) is 0 Å². The van der Waals surface area contributed by atoms with Gasteiger partial charge < -0.3 is 10.2 Å². The van der Waals surface area contributed by atoms with Crippen molar-refractivity contribution in [2.24, 2.45) is 5.73 Å². The summed E-state index contributed by atoms with van der Waals surface area (Å²) >= 11 is 0. The van der Waals surface area contributed by atoms with Crippen LogP contribution in [0.1, 0.15) is 19.7 Å². The summed E-state index contributed by atoms with van der Waals surface area (Å²) < 4.78 is 18.6. The second-order valence-electron chi connectivity index (χ2n) is 3.83. The summed E-state index contributed by atoms with van der Waals surface area (Å²) in [4.78, 5) is 4.02. The third-order valence-electron chi connectivity index (χ3n) is 1.92. The van der Waals surface area contributed by atoms with Gasteiger partial charge in [-0.05, 0) is 26.0 Å². The molecule has 0 bridgehead atoms. The summed E-state index contributed by atoms with van der Waals surface area (Å²) in [5.74, 6) is -0.0423. The van der Waals surface area contributed by atoms with Gasteiger partial charge in [0.15, 0.2) is 11.4 Å². The van der Waals surface area contributed by atoms with Crippen molar-refractivity contribution in [1.82, 2.24) is 4.98 Å². The maximum atomic E-state index is 13.2. The minimum Gasteiger partial charge on any atom is -0.439 e. The predicted molar refractivity (Wildman–Crippen MR) is 51.2 cm³/mol. The lowest BCUT2D eigenvalue weighted by Gasteiger charge is -2.11. The van der Waals surface area contributed by atoms with Crippen molar-refractivity contribution in [3.8, 4) is 0 Å². The highest BCUT2D eigenvalue weighted by atomic mass is 19.1. The zero-order valence-electron chi connectivity index (χ0n) is 8.04. The molecule has 1 heterocycles. The van der Waals surface area contributed by atoms with Gasteiger partial charge in [-0.1, -0.05) is 6.07 Å². The Bertz CT molecular complexity index is 470. The van der Waals surface area contributed by atoms with Crippen molar-refractivity contribution in [2.45, 2.75) is 19.4 Å². The van der Waals surface area contributed by atoms with Crippen LogP contribution in [0.2, 0.25) is 0 Å². The van der Waals surface area contributed by atoms with Crippen molar-refractivity contribution < 1.29 is 8.81 Å². The number of hydrogen-bond acceptors (Lipinski definition) is 3. The van der Waals surface area contributed by atoms with Crippen LogP contribution < -0.4 is 5.73 Å². The fraction of sp³-hybridized carbons (Fsp3) is 0.300. The Balaban J connectivity index is 2.69. The molecule has 3 nitrogen and oxygen atoms in total. The lowest BCUT2D eigenvalue weighted by atomic mass is 10.1. The summed E-state index contributed by atoms with van der Waals surface area (Å²) in [5.41, 5.74) is 5.77. The van der Waals surface area contributed by atoms with E-state index in [9.17, 15) is 4.39 Å². The van der Waals surface area contributed by atoms with Gasteiger partial charge in [0.1, 0.15) is 5.52 Å². The fourth-order valence-corrected chi connectivity index (χ4v) is 1.19. The summed E-state index contributed by atoms with van der Waals surface area (Å²) in [7, 11) is 0. The van der Waals surface area contributed by atoms with Gasteiger partial charge in [0.25, 0.3) is 0 Å². The van der Waals surface area contributed by atoms with Crippen LogP contribution >= 0.6 is 0 Å². The van der Waals surface area contributed by atoms with Crippen LogP contribution in [0.25, 0.3) is 11.1 Å². The first kappa shape index (κ1) is 9.15. The van der Waals surface area contributed by atoms with Crippen LogP contribution in [0, 0.1) is 5.82 Å². The lowest BCUT2D eigenvalue weighted by molar-refractivity contribution is 0.394. The molecule has 0 saturated carbocycles.